The summed E-state index contributed by atoms with van der Waals surface area (Å²) in [5, 5.41) is 9.23. The van der Waals surface area contributed by atoms with Crippen LogP contribution in [0.25, 0.3) is 17.1 Å². The number of morpholine rings is 1. The van der Waals surface area contributed by atoms with Crippen LogP contribution in [0.1, 0.15) is 43.1 Å². The summed E-state index contributed by atoms with van der Waals surface area (Å²) in [6.45, 7) is 9.46. The van der Waals surface area contributed by atoms with Crippen molar-refractivity contribution >= 4 is 0 Å². The third kappa shape index (κ3) is 4.92. The van der Waals surface area contributed by atoms with Crippen molar-refractivity contribution in [3.63, 3.8) is 0 Å². The first-order valence-electron chi connectivity index (χ1n) is 12.9. The van der Waals surface area contributed by atoms with E-state index in [9.17, 15) is 0 Å². The molecular weight excluding hydrogens is 456 g/mol. The molecule has 0 atom stereocenters. The highest BCUT2D eigenvalue weighted by Gasteiger charge is 2.25. The van der Waals surface area contributed by atoms with Gasteiger partial charge in [0.15, 0.2) is 5.82 Å². The van der Waals surface area contributed by atoms with Gasteiger partial charge in [-0.2, -0.15) is 0 Å². The van der Waals surface area contributed by atoms with E-state index < -0.39 is 0 Å². The number of aromatic nitrogens is 3. The summed E-state index contributed by atoms with van der Waals surface area (Å²) in [6.07, 6.45) is 2.85. The molecule has 2 aliphatic rings. The van der Waals surface area contributed by atoms with Crippen molar-refractivity contribution in [2.24, 2.45) is 0 Å². The van der Waals surface area contributed by atoms with Crippen molar-refractivity contribution in [3.05, 3.63) is 47.3 Å². The molecule has 0 spiro atoms. The quantitative estimate of drug-likeness (QED) is 0.465. The van der Waals surface area contributed by atoms with Crippen molar-refractivity contribution < 1.29 is 18.9 Å². The number of nitrogens with zero attached hydrogens (tertiary/aromatic N) is 4. The Bertz CT molecular complexity index is 1200. The number of rotatable bonds is 8. The molecule has 3 aromatic rings. The Morgan fingerprint density at radius 1 is 0.972 bits per heavy atom. The minimum Gasteiger partial charge on any atom is -0.496 e. The monoisotopic (exact) mass is 492 g/mol. The highest BCUT2D eigenvalue weighted by molar-refractivity contribution is 5.70. The number of hydrogen-bond acceptors (Lipinski definition) is 7. The maximum atomic E-state index is 6.15. The molecule has 36 heavy (non-hydrogen) atoms. The summed E-state index contributed by atoms with van der Waals surface area (Å²) in [7, 11) is 3.38. The minimum atomic E-state index is 0.292. The fraction of sp³-hybridized carbons (Fsp3) is 0.500. The lowest BCUT2D eigenvalue weighted by Crippen LogP contribution is -2.38. The van der Waals surface area contributed by atoms with Gasteiger partial charge >= 0.3 is 0 Å². The summed E-state index contributed by atoms with van der Waals surface area (Å²) in [4.78, 5) is 2.39. The highest BCUT2D eigenvalue weighted by atomic mass is 16.5. The number of benzene rings is 2. The molecule has 1 saturated heterocycles. The van der Waals surface area contributed by atoms with E-state index >= 15 is 0 Å². The number of fused-ring (bicyclic) bond motifs is 3. The van der Waals surface area contributed by atoms with E-state index in [0.29, 0.717) is 12.5 Å². The predicted octanol–water partition coefficient (Wildman–Crippen LogP) is 4.27. The summed E-state index contributed by atoms with van der Waals surface area (Å²) >= 11 is 0. The Balaban J connectivity index is 1.47. The Hall–Kier alpha value is -3.10. The largest absolute Gasteiger partial charge is 0.496 e. The standard InChI is InChI=1S/C28H36N4O4/c1-19(2)22-17-23(26(34-4)18-25(22)33-3)28-30-29-27-7-5-6-20-16-21(8-9-24(20)32(27)28)36-15-12-31-10-13-35-14-11-31/h8-9,16-19H,5-7,10-15H2,1-4H3. The van der Waals surface area contributed by atoms with E-state index in [1.165, 1.54) is 5.56 Å². The fourth-order valence-electron chi connectivity index (χ4n) is 5.08. The van der Waals surface area contributed by atoms with E-state index in [4.69, 9.17) is 18.9 Å². The minimum absolute atomic E-state index is 0.292. The van der Waals surface area contributed by atoms with Crippen LogP contribution < -0.4 is 14.2 Å². The molecular formula is C28H36N4O4. The number of hydrogen-bond donors (Lipinski definition) is 0. The lowest BCUT2D eigenvalue weighted by atomic mass is 9.98. The van der Waals surface area contributed by atoms with Crippen LogP contribution in [0.5, 0.6) is 17.2 Å². The molecule has 0 saturated carbocycles. The van der Waals surface area contributed by atoms with Gasteiger partial charge < -0.3 is 18.9 Å². The third-order valence-corrected chi connectivity index (χ3v) is 7.06. The van der Waals surface area contributed by atoms with Gasteiger partial charge in [-0.15, -0.1) is 10.2 Å². The van der Waals surface area contributed by atoms with Crippen molar-refractivity contribution in [1.29, 1.82) is 0 Å². The normalized spacial score (nSPS) is 15.8. The van der Waals surface area contributed by atoms with Crippen molar-refractivity contribution in [1.82, 2.24) is 19.7 Å². The summed E-state index contributed by atoms with van der Waals surface area (Å²) in [5.74, 6) is 4.50. The first-order chi connectivity index (χ1) is 17.6. The van der Waals surface area contributed by atoms with Gasteiger partial charge in [-0.25, -0.2) is 0 Å². The molecule has 192 valence electrons. The van der Waals surface area contributed by atoms with Crippen LogP contribution in [0.2, 0.25) is 0 Å². The number of ether oxygens (including phenoxy) is 4. The fourth-order valence-corrected chi connectivity index (χ4v) is 5.08. The van der Waals surface area contributed by atoms with Gasteiger partial charge in [-0.05, 0) is 54.2 Å². The van der Waals surface area contributed by atoms with Gasteiger partial charge in [0, 0.05) is 32.1 Å². The van der Waals surface area contributed by atoms with Crippen LogP contribution in [-0.2, 0) is 17.6 Å². The molecule has 0 N–H and O–H groups in total. The van der Waals surface area contributed by atoms with Crippen molar-refractivity contribution in [2.45, 2.75) is 39.0 Å². The van der Waals surface area contributed by atoms with Crippen LogP contribution in [0.4, 0.5) is 0 Å². The Kier molecular flexibility index (Phi) is 7.43. The summed E-state index contributed by atoms with van der Waals surface area (Å²) in [6, 6.07) is 10.5. The van der Waals surface area contributed by atoms with Gasteiger partial charge in [0.05, 0.1) is 38.7 Å². The third-order valence-electron chi connectivity index (χ3n) is 7.06. The number of methoxy groups -OCH3 is 2. The molecule has 0 amide bonds. The maximum Gasteiger partial charge on any atom is 0.172 e. The Labute approximate surface area is 213 Å². The SMILES string of the molecule is COc1cc(OC)c(C(C)C)cc1-c1nnc2n1-c1ccc(OCCN3CCOCC3)cc1CCC2. The van der Waals surface area contributed by atoms with E-state index in [2.05, 4.69) is 57.8 Å². The van der Waals surface area contributed by atoms with Crippen LogP contribution in [0, 0.1) is 0 Å². The maximum absolute atomic E-state index is 6.15. The van der Waals surface area contributed by atoms with Gasteiger partial charge in [0.25, 0.3) is 0 Å². The second-order valence-electron chi connectivity index (χ2n) is 9.67. The van der Waals surface area contributed by atoms with E-state index in [1.54, 1.807) is 14.2 Å². The zero-order valence-corrected chi connectivity index (χ0v) is 21.7. The molecule has 0 bridgehead atoms. The molecule has 5 rings (SSSR count). The van der Waals surface area contributed by atoms with Crippen LogP contribution in [0.3, 0.4) is 0 Å². The molecule has 1 fully saturated rings. The molecule has 2 aromatic carbocycles. The molecule has 0 aliphatic carbocycles. The second kappa shape index (κ2) is 10.9. The second-order valence-corrected chi connectivity index (χ2v) is 9.67. The molecule has 8 nitrogen and oxygen atoms in total. The topological polar surface area (TPSA) is 70.9 Å². The molecule has 2 aliphatic heterocycles. The highest BCUT2D eigenvalue weighted by Crippen LogP contribution is 2.40. The van der Waals surface area contributed by atoms with Crippen molar-refractivity contribution in [2.75, 3.05) is 53.7 Å². The first-order valence-corrected chi connectivity index (χ1v) is 12.9. The van der Waals surface area contributed by atoms with Gasteiger partial charge in [0.1, 0.15) is 29.7 Å². The molecule has 0 radical (unpaired) electrons. The van der Waals surface area contributed by atoms with E-state index in [0.717, 1.165) is 97.8 Å². The smallest absolute Gasteiger partial charge is 0.172 e. The predicted molar refractivity (Wildman–Crippen MR) is 139 cm³/mol. The molecule has 0 unspecified atom stereocenters. The lowest BCUT2D eigenvalue weighted by Gasteiger charge is -2.26. The van der Waals surface area contributed by atoms with E-state index in [-0.39, 0.29) is 0 Å². The summed E-state index contributed by atoms with van der Waals surface area (Å²) in [5.41, 5.74) is 4.38. The molecule has 8 heteroatoms. The van der Waals surface area contributed by atoms with Crippen LogP contribution >= 0.6 is 0 Å². The van der Waals surface area contributed by atoms with Gasteiger partial charge in [0.2, 0.25) is 0 Å². The molecule has 3 heterocycles. The van der Waals surface area contributed by atoms with Crippen LogP contribution in [0.15, 0.2) is 30.3 Å². The molecule has 1 aromatic heterocycles. The zero-order valence-electron chi connectivity index (χ0n) is 21.7. The van der Waals surface area contributed by atoms with Crippen molar-refractivity contribution in [3.8, 4) is 34.3 Å². The first kappa shape index (κ1) is 24.6. The van der Waals surface area contributed by atoms with Gasteiger partial charge in [-0.3, -0.25) is 9.47 Å². The Morgan fingerprint density at radius 2 is 1.78 bits per heavy atom. The summed E-state index contributed by atoms with van der Waals surface area (Å²) < 4.78 is 25.2. The Morgan fingerprint density at radius 3 is 2.53 bits per heavy atom. The van der Waals surface area contributed by atoms with Gasteiger partial charge in [-0.1, -0.05) is 13.8 Å². The zero-order chi connectivity index (χ0) is 25.1. The lowest BCUT2D eigenvalue weighted by molar-refractivity contribution is 0.0322. The average Bonchev–Trinajstić information content (AvgIpc) is 3.23. The van der Waals surface area contributed by atoms with E-state index in [1.807, 2.05) is 6.07 Å². The number of aryl methyl sites for hydroxylation is 2. The van der Waals surface area contributed by atoms with Crippen LogP contribution in [-0.4, -0.2) is 73.3 Å². The average molecular weight is 493 g/mol.